The van der Waals surface area contributed by atoms with Gasteiger partial charge < -0.3 is 24.9 Å². The smallest absolute Gasteiger partial charge is 0.326 e. The Kier molecular flexibility index (Phi) is 7.71. The van der Waals surface area contributed by atoms with E-state index in [9.17, 15) is 29.1 Å². The quantitative estimate of drug-likeness (QED) is 0.287. The zero-order chi connectivity index (χ0) is 32.4. The number of aromatic nitrogens is 1. The molecular formula is C33H33N3O8S2. The summed E-state index contributed by atoms with van der Waals surface area (Å²) in [4.78, 5) is 68.9. The Balaban J connectivity index is 1.19. The molecule has 7 unspecified atom stereocenters. The first-order valence-corrected chi connectivity index (χ1v) is 17.0. The van der Waals surface area contributed by atoms with Gasteiger partial charge in [0, 0.05) is 21.7 Å². The van der Waals surface area contributed by atoms with Crippen molar-refractivity contribution in [2.24, 2.45) is 29.6 Å². The summed E-state index contributed by atoms with van der Waals surface area (Å²) >= 11 is 2.71. The van der Waals surface area contributed by atoms with Crippen molar-refractivity contribution in [2.75, 3.05) is 18.5 Å². The fourth-order valence-electron chi connectivity index (χ4n) is 8.07. The lowest BCUT2D eigenvalue weighted by Crippen LogP contribution is -2.44. The van der Waals surface area contributed by atoms with Crippen molar-refractivity contribution in [2.45, 2.75) is 49.4 Å². The van der Waals surface area contributed by atoms with Crippen LogP contribution >= 0.6 is 23.1 Å². The topological polar surface area (TPSA) is 155 Å². The Hall–Kier alpha value is -4.10. The predicted molar refractivity (Wildman–Crippen MR) is 170 cm³/mol. The van der Waals surface area contributed by atoms with Gasteiger partial charge in [-0.3, -0.25) is 24.1 Å². The average Bonchev–Trinajstić information content (AvgIpc) is 3.75. The number of aryl methyl sites for hydroxylation is 1. The number of nitrogens with one attached hydrogen (secondary N) is 2. The van der Waals surface area contributed by atoms with Gasteiger partial charge in [0.2, 0.25) is 11.8 Å². The summed E-state index contributed by atoms with van der Waals surface area (Å²) in [5.74, 6) is -3.20. The van der Waals surface area contributed by atoms with Crippen LogP contribution in [0.4, 0.5) is 5.69 Å². The number of thioether (sulfide) groups is 1. The second-order valence-corrected chi connectivity index (χ2v) is 14.6. The summed E-state index contributed by atoms with van der Waals surface area (Å²) < 4.78 is 11.9. The molecule has 3 N–H and O–H groups in total. The Morgan fingerprint density at radius 1 is 1.07 bits per heavy atom. The van der Waals surface area contributed by atoms with Gasteiger partial charge in [-0.15, -0.1) is 11.8 Å². The number of nitrogens with zero attached hydrogens (tertiary/aromatic N) is 1. The molecule has 3 aromatic rings. The molecule has 13 heteroatoms. The fraction of sp³-hybridized carbons (Fsp3) is 0.424. The van der Waals surface area contributed by atoms with Gasteiger partial charge in [-0.1, -0.05) is 29.5 Å². The van der Waals surface area contributed by atoms with Gasteiger partial charge >= 0.3 is 10.8 Å². The number of carboxylic acids is 1. The van der Waals surface area contributed by atoms with E-state index in [1.54, 1.807) is 17.8 Å². The largest absolute Gasteiger partial charge is 0.490 e. The number of benzene rings is 2. The van der Waals surface area contributed by atoms with Crippen LogP contribution in [0.2, 0.25) is 0 Å². The molecule has 2 aromatic carbocycles. The highest BCUT2D eigenvalue weighted by Gasteiger charge is 2.70. The molecule has 7 rings (SSSR count). The number of aliphatic carboxylic acids is 1. The van der Waals surface area contributed by atoms with Crippen molar-refractivity contribution < 1.29 is 33.8 Å². The van der Waals surface area contributed by atoms with Gasteiger partial charge in [-0.2, -0.15) is 0 Å². The fourth-order valence-corrected chi connectivity index (χ4v) is 11.0. The summed E-state index contributed by atoms with van der Waals surface area (Å²) in [6, 6.07) is 11.8. The second-order valence-electron chi connectivity index (χ2n) is 12.4. The van der Waals surface area contributed by atoms with Crippen LogP contribution in [0.1, 0.15) is 42.2 Å². The van der Waals surface area contributed by atoms with E-state index in [4.69, 9.17) is 9.47 Å². The number of carbonyl (C=O) groups excluding carboxylic acids is 3. The minimum atomic E-state index is -1.23. The standard InChI is InChI=1S/C33H33N3O8S2/c1-4-43-21-11-16(8-9-20(21)44-13-22(37)34-17-7-5-6-14(2)10-17)23-24-18-12-19(27(24)45-29-28(23)46-33(42)35-29)26-25(18)30(38)36(31(26)39)15(3)32(40)41/h5-11,15,18-19,23-27H,4,12-13H2,1-3H3,(H,34,37)(H,35,42)(H,40,41)/t15?,18?,19?,23-,24?,25?,26?,27?/m1/s1. The van der Waals surface area contributed by atoms with E-state index in [-0.39, 0.29) is 46.3 Å². The third kappa shape index (κ3) is 4.91. The summed E-state index contributed by atoms with van der Waals surface area (Å²) in [6.45, 7) is 5.30. The minimum absolute atomic E-state index is 0.0392. The Morgan fingerprint density at radius 2 is 1.83 bits per heavy atom. The molecule has 1 aromatic heterocycles. The van der Waals surface area contributed by atoms with E-state index >= 15 is 0 Å². The van der Waals surface area contributed by atoms with Gasteiger partial charge in [0.25, 0.3) is 5.91 Å². The SMILES string of the molecule is CCOc1cc([C@H]2c3sc(=O)[nH]c3SC3C4CC(C5C(=O)N(C(C)C(=O)O)C(=O)C45)C32)ccc1OCC(=O)Nc1cccc(C)c1. The lowest BCUT2D eigenvalue weighted by Gasteiger charge is -2.43. The molecule has 46 heavy (non-hydrogen) atoms. The van der Waals surface area contributed by atoms with Crippen LogP contribution in [0.5, 0.6) is 11.5 Å². The highest BCUT2D eigenvalue weighted by molar-refractivity contribution is 8.00. The number of carbonyl (C=O) groups is 4. The zero-order valence-corrected chi connectivity index (χ0v) is 27.0. The molecule has 2 aliphatic carbocycles. The minimum Gasteiger partial charge on any atom is -0.490 e. The number of rotatable bonds is 9. The summed E-state index contributed by atoms with van der Waals surface area (Å²) in [5.41, 5.74) is 2.58. The van der Waals surface area contributed by atoms with Crippen molar-refractivity contribution in [3.63, 3.8) is 0 Å². The third-order valence-corrected chi connectivity index (χ3v) is 12.4. The number of imide groups is 1. The number of hydrogen-bond donors (Lipinski definition) is 3. The second kappa shape index (κ2) is 11.6. The van der Waals surface area contributed by atoms with Gasteiger partial charge in [0.05, 0.1) is 23.5 Å². The van der Waals surface area contributed by atoms with Gasteiger partial charge in [-0.05, 0) is 80.3 Å². The molecule has 2 bridgehead atoms. The van der Waals surface area contributed by atoms with Crippen LogP contribution in [0, 0.1) is 36.5 Å². The molecule has 2 aliphatic heterocycles. The number of likely N-dealkylation sites (tertiary alicyclic amines) is 1. The highest BCUT2D eigenvalue weighted by Crippen LogP contribution is 2.68. The van der Waals surface area contributed by atoms with Crippen LogP contribution in [-0.2, 0) is 19.2 Å². The number of carboxylic acid groups (broad SMARTS) is 1. The van der Waals surface area contributed by atoms with Gasteiger partial charge in [0.15, 0.2) is 18.1 Å². The predicted octanol–water partition coefficient (Wildman–Crippen LogP) is 4.11. The van der Waals surface area contributed by atoms with Crippen molar-refractivity contribution in [3.05, 3.63) is 68.1 Å². The van der Waals surface area contributed by atoms with E-state index in [2.05, 4.69) is 10.3 Å². The number of thiazole rings is 1. The average molecular weight is 664 g/mol. The number of ether oxygens (including phenoxy) is 2. The van der Waals surface area contributed by atoms with Crippen LogP contribution < -0.4 is 19.7 Å². The molecule has 3 fully saturated rings. The van der Waals surface area contributed by atoms with Crippen molar-refractivity contribution >= 4 is 52.5 Å². The molecule has 2 saturated carbocycles. The first-order valence-electron chi connectivity index (χ1n) is 15.3. The highest BCUT2D eigenvalue weighted by atomic mass is 32.2. The lowest BCUT2D eigenvalue weighted by atomic mass is 9.68. The number of anilines is 1. The van der Waals surface area contributed by atoms with E-state index in [1.165, 1.54) is 6.92 Å². The van der Waals surface area contributed by atoms with E-state index in [0.29, 0.717) is 30.2 Å². The van der Waals surface area contributed by atoms with E-state index in [1.807, 2.05) is 50.2 Å². The van der Waals surface area contributed by atoms with E-state index in [0.717, 1.165) is 37.3 Å². The molecule has 240 valence electrons. The normalized spacial score (nSPS) is 28.0. The first-order chi connectivity index (χ1) is 22.1. The molecule has 4 aliphatic rings. The Bertz CT molecular complexity index is 1820. The summed E-state index contributed by atoms with van der Waals surface area (Å²) in [6.07, 6.45) is 0.690. The molecule has 0 spiro atoms. The monoisotopic (exact) mass is 663 g/mol. The maximum absolute atomic E-state index is 13.7. The van der Waals surface area contributed by atoms with Gasteiger partial charge in [-0.25, -0.2) is 4.79 Å². The van der Waals surface area contributed by atoms with Crippen LogP contribution in [0.15, 0.2) is 52.3 Å². The summed E-state index contributed by atoms with van der Waals surface area (Å²) in [5, 5.41) is 13.2. The van der Waals surface area contributed by atoms with Crippen LogP contribution in [0.3, 0.4) is 0 Å². The molecule has 3 amide bonds. The number of aromatic amines is 1. The van der Waals surface area contributed by atoms with Crippen LogP contribution in [-0.4, -0.2) is 63.2 Å². The summed E-state index contributed by atoms with van der Waals surface area (Å²) in [7, 11) is 0. The maximum Gasteiger partial charge on any atom is 0.326 e. The van der Waals surface area contributed by atoms with Crippen molar-refractivity contribution in [1.29, 1.82) is 0 Å². The number of amides is 3. The van der Waals surface area contributed by atoms with Crippen molar-refractivity contribution in [1.82, 2.24) is 9.88 Å². The first kappa shape index (κ1) is 30.5. The number of H-pyrrole nitrogens is 1. The Labute approximate surface area is 272 Å². The number of hydrogen-bond acceptors (Lipinski definition) is 9. The molecule has 3 heterocycles. The number of fused-ring (bicyclic) bond motifs is 9. The molecule has 11 nitrogen and oxygen atoms in total. The molecule has 1 saturated heterocycles. The Morgan fingerprint density at radius 3 is 2.54 bits per heavy atom. The van der Waals surface area contributed by atoms with Gasteiger partial charge in [0.1, 0.15) is 6.04 Å². The van der Waals surface area contributed by atoms with E-state index < -0.39 is 35.7 Å². The zero-order valence-electron chi connectivity index (χ0n) is 25.4. The maximum atomic E-state index is 13.7. The molecule has 0 radical (unpaired) electrons. The lowest BCUT2D eigenvalue weighted by molar-refractivity contribution is -0.154. The molecular weight excluding hydrogens is 631 g/mol. The van der Waals surface area contributed by atoms with Crippen LogP contribution in [0.25, 0.3) is 0 Å². The third-order valence-electron chi connectivity index (χ3n) is 9.79. The molecule has 8 atom stereocenters. The van der Waals surface area contributed by atoms with Crippen molar-refractivity contribution in [3.8, 4) is 11.5 Å².